The largest absolute Gasteiger partial charge is 0.434 e. The van der Waals surface area contributed by atoms with Gasteiger partial charge in [0, 0.05) is 18.1 Å². The molecule has 2 aromatic rings. The summed E-state index contributed by atoms with van der Waals surface area (Å²) < 4.78 is 40.3. The molecule has 2 rings (SSSR count). The van der Waals surface area contributed by atoms with Gasteiger partial charge in [-0.1, -0.05) is 65.2 Å². The second kappa shape index (κ2) is 9.01. The van der Waals surface area contributed by atoms with Crippen LogP contribution >= 0.6 is 46.1 Å². The SMILES string of the molecule is C=C(C)CN(CC)Cc1sc(Nc2c(Cl)cc(Cl)cc2Cl)nc1C(F)(F)F. The Kier molecular flexibility index (Phi) is 7.44. The molecule has 0 aliphatic heterocycles. The van der Waals surface area contributed by atoms with Crippen molar-refractivity contribution in [1.82, 2.24) is 9.88 Å². The highest BCUT2D eigenvalue weighted by Gasteiger charge is 2.38. The molecule has 1 aromatic heterocycles. The van der Waals surface area contributed by atoms with Crippen LogP contribution in [0.3, 0.4) is 0 Å². The Hall–Kier alpha value is -0.990. The molecule has 0 aliphatic carbocycles. The van der Waals surface area contributed by atoms with Crippen LogP contribution in [-0.4, -0.2) is 23.0 Å². The van der Waals surface area contributed by atoms with Gasteiger partial charge >= 0.3 is 6.18 Å². The molecule has 0 unspecified atom stereocenters. The predicted octanol–water partition coefficient (Wildman–Crippen LogP) is 7.26. The first-order valence-corrected chi connectivity index (χ1v) is 9.81. The van der Waals surface area contributed by atoms with E-state index in [1.54, 1.807) is 0 Å². The molecule has 0 spiro atoms. The summed E-state index contributed by atoms with van der Waals surface area (Å²) in [5, 5.41) is 3.54. The molecule has 0 bridgehead atoms. The molecule has 3 nitrogen and oxygen atoms in total. The van der Waals surface area contributed by atoms with Gasteiger partial charge in [-0.3, -0.25) is 4.90 Å². The van der Waals surface area contributed by atoms with Gasteiger partial charge in [0.25, 0.3) is 0 Å². The van der Waals surface area contributed by atoms with Crippen LogP contribution < -0.4 is 5.32 Å². The van der Waals surface area contributed by atoms with Gasteiger partial charge in [0.1, 0.15) is 0 Å². The number of thiazole rings is 1. The molecule has 0 amide bonds. The zero-order valence-electron chi connectivity index (χ0n) is 14.6. The van der Waals surface area contributed by atoms with Crippen molar-refractivity contribution in [3.8, 4) is 0 Å². The number of rotatable bonds is 7. The minimum Gasteiger partial charge on any atom is -0.329 e. The first-order valence-electron chi connectivity index (χ1n) is 7.86. The fourth-order valence-electron chi connectivity index (χ4n) is 2.37. The van der Waals surface area contributed by atoms with E-state index in [4.69, 9.17) is 34.8 Å². The van der Waals surface area contributed by atoms with Gasteiger partial charge in [0.2, 0.25) is 0 Å². The lowest BCUT2D eigenvalue weighted by Gasteiger charge is -2.20. The number of halogens is 6. The van der Waals surface area contributed by atoms with E-state index in [2.05, 4.69) is 16.9 Å². The van der Waals surface area contributed by atoms with Crippen molar-refractivity contribution in [2.45, 2.75) is 26.6 Å². The highest BCUT2D eigenvalue weighted by Crippen LogP contribution is 2.40. The van der Waals surface area contributed by atoms with Crippen molar-refractivity contribution in [2.75, 3.05) is 18.4 Å². The topological polar surface area (TPSA) is 28.2 Å². The number of hydrogen-bond donors (Lipinski definition) is 1. The zero-order chi connectivity index (χ0) is 20.4. The van der Waals surface area contributed by atoms with Crippen molar-refractivity contribution in [3.63, 3.8) is 0 Å². The number of nitrogens with one attached hydrogen (secondary N) is 1. The average Bonchev–Trinajstić information content (AvgIpc) is 2.92. The number of anilines is 2. The maximum absolute atomic E-state index is 13.4. The summed E-state index contributed by atoms with van der Waals surface area (Å²) in [6.45, 7) is 8.72. The summed E-state index contributed by atoms with van der Waals surface area (Å²) in [4.78, 5) is 5.70. The van der Waals surface area contributed by atoms with Gasteiger partial charge < -0.3 is 5.32 Å². The molecule has 10 heteroatoms. The lowest BCUT2D eigenvalue weighted by atomic mass is 10.3. The van der Waals surface area contributed by atoms with Crippen LogP contribution in [0.5, 0.6) is 0 Å². The number of hydrogen-bond acceptors (Lipinski definition) is 4. The predicted molar refractivity (Wildman–Crippen MR) is 108 cm³/mol. The fraction of sp³-hybridized carbons (Fsp3) is 0.353. The number of aromatic nitrogens is 1. The van der Waals surface area contributed by atoms with Gasteiger partial charge in [-0.15, -0.1) is 0 Å². The molecule has 1 N–H and O–H groups in total. The van der Waals surface area contributed by atoms with Crippen molar-refractivity contribution in [1.29, 1.82) is 0 Å². The Bertz CT molecular complexity index is 814. The molecular formula is C17H17Cl3F3N3S. The maximum Gasteiger partial charge on any atom is 0.434 e. The normalized spacial score (nSPS) is 11.9. The quantitative estimate of drug-likeness (QED) is 0.442. The summed E-state index contributed by atoms with van der Waals surface area (Å²) in [6, 6.07) is 2.89. The Morgan fingerprint density at radius 2 is 1.85 bits per heavy atom. The van der Waals surface area contributed by atoms with Gasteiger partial charge in [-0.05, 0) is 25.6 Å². The van der Waals surface area contributed by atoms with E-state index in [0.717, 1.165) is 16.9 Å². The van der Waals surface area contributed by atoms with Crippen molar-refractivity contribution >= 4 is 57.0 Å². The maximum atomic E-state index is 13.4. The molecule has 0 aliphatic rings. The Morgan fingerprint density at radius 3 is 2.33 bits per heavy atom. The third kappa shape index (κ3) is 5.99. The van der Waals surface area contributed by atoms with E-state index in [-0.39, 0.29) is 32.3 Å². The number of likely N-dealkylation sites (N-methyl/N-ethyl adjacent to an activating group) is 1. The zero-order valence-corrected chi connectivity index (χ0v) is 17.6. The van der Waals surface area contributed by atoms with Crippen molar-refractivity contribution in [2.24, 2.45) is 0 Å². The minimum absolute atomic E-state index is 0.0508. The first kappa shape index (κ1) is 22.3. The van der Waals surface area contributed by atoms with Crippen LogP contribution in [0.4, 0.5) is 24.0 Å². The second-order valence-corrected chi connectivity index (χ2v) is 8.25. The van der Waals surface area contributed by atoms with Crippen LogP contribution in [0.2, 0.25) is 15.1 Å². The Balaban J connectivity index is 2.37. The van der Waals surface area contributed by atoms with Gasteiger partial charge in [-0.2, -0.15) is 13.2 Å². The summed E-state index contributed by atoms with van der Waals surface area (Å²) in [7, 11) is 0. The van der Waals surface area contributed by atoms with Gasteiger partial charge in [0.05, 0.1) is 20.6 Å². The fourth-order valence-corrected chi connectivity index (χ4v) is 4.31. The van der Waals surface area contributed by atoms with Crippen molar-refractivity contribution in [3.05, 3.63) is 49.9 Å². The lowest BCUT2D eigenvalue weighted by molar-refractivity contribution is -0.141. The van der Waals surface area contributed by atoms with E-state index in [0.29, 0.717) is 18.1 Å². The molecule has 0 radical (unpaired) electrons. The van der Waals surface area contributed by atoms with Crippen LogP contribution in [0, 0.1) is 0 Å². The Labute approximate surface area is 174 Å². The number of benzene rings is 1. The molecule has 27 heavy (non-hydrogen) atoms. The monoisotopic (exact) mass is 457 g/mol. The highest BCUT2D eigenvalue weighted by atomic mass is 35.5. The van der Waals surface area contributed by atoms with Gasteiger partial charge in [-0.25, -0.2) is 4.98 Å². The molecule has 1 aromatic carbocycles. The average molecular weight is 459 g/mol. The van der Waals surface area contributed by atoms with E-state index in [1.165, 1.54) is 12.1 Å². The molecule has 0 atom stereocenters. The van der Waals surface area contributed by atoms with Crippen LogP contribution in [0.25, 0.3) is 0 Å². The smallest absolute Gasteiger partial charge is 0.329 e. The molecule has 0 saturated carbocycles. The summed E-state index contributed by atoms with van der Waals surface area (Å²) in [6.07, 6.45) is -4.57. The number of nitrogens with zero attached hydrogens (tertiary/aromatic N) is 2. The third-order valence-corrected chi connectivity index (χ3v) is 5.28. The summed E-state index contributed by atoms with van der Waals surface area (Å²) >= 11 is 18.9. The molecular weight excluding hydrogens is 442 g/mol. The van der Waals surface area contributed by atoms with Crippen LogP contribution in [0.15, 0.2) is 24.3 Å². The Morgan fingerprint density at radius 1 is 1.26 bits per heavy atom. The number of alkyl halides is 3. The van der Waals surface area contributed by atoms with Gasteiger partial charge in [0.15, 0.2) is 10.8 Å². The van der Waals surface area contributed by atoms with E-state index in [1.807, 2.05) is 18.7 Å². The van der Waals surface area contributed by atoms with E-state index >= 15 is 0 Å². The summed E-state index contributed by atoms with van der Waals surface area (Å²) in [5.74, 6) is 0. The first-order chi connectivity index (χ1) is 12.5. The van der Waals surface area contributed by atoms with E-state index in [9.17, 15) is 13.2 Å². The standard InChI is InChI=1S/C17H17Cl3F3N3S/c1-4-26(7-9(2)3)8-13-15(17(21,22)23)25-16(27-13)24-14-11(19)5-10(18)6-12(14)20/h5-6H,2,4,7-8H2,1,3H3,(H,24,25). The van der Waals surface area contributed by atoms with Crippen LogP contribution in [0.1, 0.15) is 24.4 Å². The molecule has 0 saturated heterocycles. The molecule has 148 valence electrons. The second-order valence-electron chi connectivity index (χ2n) is 5.92. The highest BCUT2D eigenvalue weighted by molar-refractivity contribution is 7.15. The van der Waals surface area contributed by atoms with Crippen LogP contribution in [-0.2, 0) is 12.7 Å². The summed E-state index contributed by atoms with van der Waals surface area (Å²) in [5.41, 5.74) is 0.204. The minimum atomic E-state index is -4.57. The molecule has 0 fully saturated rings. The third-order valence-electron chi connectivity index (χ3n) is 3.51. The van der Waals surface area contributed by atoms with Crippen molar-refractivity contribution < 1.29 is 13.2 Å². The van der Waals surface area contributed by atoms with E-state index < -0.39 is 11.9 Å². The molecule has 1 heterocycles. The lowest BCUT2D eigenvalue weighted by Crippen LogP contribution is -2.25.